The Kier molecular flexibility index (Phi) is 9.24. The van der Waals surface area contributed by atoms with Crippen LogP contribution in [0.1, 0.15) is 35.7 Å². The number of carbonyl (C=O) groups excluding carboxylic acids is 3. The number of carbonyl (C=O) groups is 3. The van der Waals surface area contributed by atoms with Crippen LogP contribution in [0.2, 0.25) is 0 Å². The van der Waals surface area contributed by atoms with Crippen molar-refractivity contribution in [3.63, 3.8) is 0 Å². The Morgan fingerprint density at radius 3 is 2.47 bits per heavy atom. The molecule has 12 nitrogen and oxygen atoms in total. The first kappa shape index (κ1) is 31.3. The molecule has 0 bridgehead atoms. The zero-order valence-corrected chi connectivity index (χ0v) is 26.0. The number of ether oxygens (including phenoxy) is 1. The number of aromatic nitrogens is 1. The molecule has 1 aromatic heterocycles. The van der Waals surface area contributed by atoms with Gasteiger partial charge in [0.15, 0.2) is 11.5 Å². The van der Waals surface area contributed by atoms with Gasteiger partial charge in [-0.1, -0.05) is 54.5 Å². The van der Waals surface area contributed by atoms with Gasteiger partial charge in [0.2, 0.25) is 0 Å². The van der Waals surface area contributed by atoms with Crippen molar-refractivity contribution < 1.29 is 28.8 Å². The number of rotatable bonds is 7. The Labute approximate surface area is 261 Å². The predicted octanol–water partition coefficient (Wildman–Crippen LogP) is 5.47. The van der Waals surface area contributed by atoms with Gasteiger partial charge in [0, 0.05) is 24.9 Å². The predicted molar refractivity (Wildman–Crippen MR) is 172 cm³/mol. The van der Waals surface area contributed by atoms with Gasteiger partial charge < -0.3 is 40.1 Å². The van der Waals surface area contributed by atoms with Crippen LogP contribution in [0.25, 0.3) is 10.8 Å². The summed E-state index contributed by atoms with van der Waals surface area (Å²) in [7, 11) is 1.64. The minimum Gasteiger partial charge on any atom is -0.485 e. The van der Waals surface area contributed by atoms with Gasteiger partial charge in [-0.25, -0.2) is 9.59 Å². The molecule has 236 valence electrons. The third-order valence-corrected chi connectivity index (χ3v) is 8.04. The number of benzene rings is 3. The van der Waals surface area contributed by atoms with Crippen molar-refractivity contribution in [2.45, 2.75) is 39.8 Å². The highest BCUT2D eigenvalue weighted by atomic mass is 16.5. The number of aryl methyl sites for hydroxylation is 2. The summed E-state index contributed by atoms with van der Waals surface area (Å²) in [4.78, 5) is 43.4. The Morgan fingerprint density at radius 2 is 1.73 bits per heavy atom. The molecule has 5 amide bonds. The molecule has 2 heterocycles. The van der Waals surface area contributed by atoms with Gasteiger partial charge in [0.1, 0.15) is 17.5 Å². The maximum atomic E-state index is 13.8. The highest BCUT2D eigenvalue weighted by Gasteiger charge is 2.35. The summed E-state index contributed by atoms with van der Waals surface area (Å²) in [5.41, 5.74) is 2.21. The van der Waals surface area contributed by atoms with Crippen LogP contribution in [0, 0.1) is 19.8 Å². The maximum Gasteiger partial charge on any atom is 0.323 e. The molecule has 4 N–H and O–H groups in total. The number of fused-ring (bicyclic) bond motifs is 2. The van der Waals surface area contributed by atoms with Gasteiger partial charge in [0.25, 0.3) is 5.91 Å². The Balaban J connectivity index is 1.43. The smallest absolute Gasteiger partial charge is 0.323 e. The molecular formula is C33H38N6O6. The van der Waals surface area contributed by atoms with Crippen LogP contribution in [0.3, 0.4) is 0 Å². The lowest BCUT2D eigenvalue weighted by molar-refractivity contribution is 0.0373. The second-order valence-corrected chi connectivity index (χ2v) is 11.4. The number of anilines is 3. The van der Waals surface area contributed by atoms with Crippen LogP contribution < -0.4 is 20.7 Å². The summed E-state index contributed by atoms with van der Waals surface area (Å²) in [6.07, 6.45) is -0.588. The van der Waals surface area contributed by atoms with Crippen LogP contribution in [0.5, 0.6) is 5.75 Å². The summed E-state index contributed by atoms with van der Waals surface area (Å²) in [6.45, 7) is 7.34. The number of aliphatic hydroxyl groups is 1. The minimum absolute atomic E-state index is 0.155. The largest absolute Gasteiger partial charge is 0.485 e. The number of aliphatic hydroxyl groups excluding tert-OH is 1. The lowest BCUT2D eigenvalue weighted by Gasteiger charge is -2.38. The van der Waals surface area contributed by atoms with E-state index in [1.807, 2.05) is 49.4 Å². The van der Waals surface area contributed by atoms with Gasteiger partial charge >= 0.3 is 12.1 Å². The van der Waals surface area contributed by atoms with Crippen molar-refractivity contribution in [1.29, 1.82) is 0 Å². The zero-order valence-electron chi connectivity index (χ0n) is 26.0. The second kappa shape index (κ2) is 13.3. The van der Waals surface area contributed by atoms with Crippen molar-refractivity contribution in [2.24, 2.45) is 5.92 Å². The maximum absolute atomic E-state index is 13.8. The van der Waals surface area contributed by atoms with Gasteiger partial charge in [0.05, 0.1) is 36.1 Å². The molecule has 5 rings (SSSR count). The van der Waals surface area contributed by atoms with Crippen molar-refractivity contribution in [1.82, 2.24) is 15.0 Å². The second-order valence-electron chi connectivity index (χ2n) is 11.4. The zero-order chi connectivity index (χ0) is 32.2. The van der Waals surface area contributed by atoms with E-state index in [0.29, 0.717) is 22.8 Å². The highest BCUT2D eigenvalue weighted by Crippen LogP contribution is 2.35. The molecule has 0 saturated carbocycles. The molecule has 0 radical (unpaired) electrons. The molecule has 3 aromatic carbocycles. The number of hydrogen-bond acceptors (Lipinski definition) is 7. The lowest BCUT2D eigenvalue weighted by atomic mass is 9.99. The quantitative estimate of drug-likeness (QED) is 0.216. The van der Waals surface area contributed by atoms with Crippen LogP contribution in [0.15, 0.2) is 65.2 Å². The third-order valence-electron chi connectivity index (χ3n) is 8.04. The highest BCUT2D eigenvalue weighted by molar-refractivity contribution is 6.08. The minimum atomic E-state index is -0.588. The van der Waals surface area contributed by atoms with Crippen LogP contribution in [0.4, 0.5) is 26.7 Å². The normalized spacial score (nSPS) is 17.0. The molecule has 12 heteroatoms. The first-order valence-electron chi connectivity index (χ1n) is 14.8. The molecule has 4 aromatic rings. The molecule has 0 unspecified atom stereocenters. The van der Waals surface area contributed by atoms with E-state index in [9.17, 15) is 19.5 Å². The molecule has 0 aliphatic carbocycles. The van der Waals surface area contributed by atoms with E-state index in [1.165, 1.54) is 4.90 Å². The summed E-state index contributed by atoms with van der Waals surface area (Å²) < 4.78 is 11.7. The van der Waals surface area contributed by atoms with E-state index < -0.39 is 18.2 Å². The summed E-state index contributed by atoms with van der Waals surface area (Å²) in [6, 6.07) is 16.9. The average Bonchev–Trinajstić information content (AvgIpc) is 3.34. The van der Waals surface area contributed by atoms with Crippen LogP contribution >= 0.6 is 0 Å². The first-order valence-corrected chi connectivity index (χ1v) is 14.8. The third kappa shape index (κ3) is 6.70. The average molecular weight is 615 g/mol. The molecule has 0 spiro atoms. The van der Waals surface area contributed by atoms with Crippen molar-refractivity contribution in [3.8, 4) is 5.75 Å². The number of hydrogen-bond donors (Lipinski definition) is 4. The Bertz CT molecular complexity index is 1700. The fourth-order valence-electron chi connectivity index (χ4n) is 5.39. The van der Waals surface area contributed by atoms with E-state index in [-0.39, 0.29) is 54.6 Å². The van der Waals surface area contributed by atoms with Crippen molar-refractivity contribution in [3.05, 3.63) is 77.7 Å². The molecule has 0 saturated heterocycles. The van der Waals surface area contributed by atoms with E-state index in [1.54, 1.807) is 50.9 Å². The van der Waals surface area contributed by atoms with Gasteiger partial charge in [-0.05, 0) is 44.4 Å². The lowest BCUT2D eigenvalue weighted by Crippen LogP contribution is -2.50. The fourth-order valence-corrected chi connectivity index (χ4v) is 5.39. The fraction of sp³-hybridized carbons (Fsp3) is 0.333. The SMILES string of the molecule is Cc1noc(C)c1NC(=O)N(C)C[C@H]1Oc2c(NC(=O)Nc3cccc4ccccc34)cccc2C(=O)N([C@@H](C)CO)C[C@@H]1C. The molecule has 1 aliphatic heterocycles. The van der Waals surface area contributed by atoms with Gasteiger partial charge in [-0.2, -0.15) is 0 Å². The topological polar surface area (TPSA) is 149 Å². The molecule has 0 fully saturated rings. The number of para-hydroxylation sites is 1. The van der Waals surface area contributed by atoms with Crippen molar-refractivity contribution >= 4 is 45.8 Å². The standard InChI is InChI=1S/C33H38N6O6/c1-19-16-39(20(2)18-40)31(41)25-13-9-15-27(35-32(42)34-26-14-8-11-23-10-6-7-12-24(23)26)30(25)44-28(19)17-38(5)33(43)36-29-21(3)37-45-22(29)4/h6-15,19-20,28,40H,16-18H2,1-5H3,(H,36,43)(H2,34,35,42)/t19-,20-,28+/m0/s1. The summed E-state index contributed by atoms with van der Waals surface area (Å²) in [5, 5.41) is 24.3. The number of nitrogens with zero attached hydrogens (tertiary/aromatic N) is 3. The monoisotopic (exact) mass is 614 g/mol. The molecule has 3 atom stereocenters. The van der Waals surface area contributed by atoms with E-state index >= 15 is 0 Å². The molecule has 1 aliphatic rings. The van der Waals surface area contributed by atoms with E-state index in [4.69, 9.17) is 9.26 Å². The van der Waals surface area contributed by atoms with Crippen molar-refractivity contribution in [2.75, 3.05) is 42.7 Å². The van der Waals surface area contributed by atoms with Gasteiger partial charge in [-0.3, -0.25) is 4.79 Å². The van der Waals surface area contributed by atoms with E-state index in [2.05, 4.69) is 21.1 Å². The Morgan fingerprint density at radius 1 is 1.04 bits per heavy atom. The number of nitrogens with one attached hydrogen (secondary N) is 3. The van der Waals surface area contributed by atoms with Crippen LogP contribution in [-0.4, -0.2) is 76.9 Å². The van der Waals surface area contributed by atoms with Crippen LogP contribution in [-0.2, 0) is 0 Å². The first-order chi connectivity index (χ1) is 21.6. The van der Waals surface area contributed by atoms with E-state index in [0.717, 1.165) is 10.8 Å². The summed E-state index contributed by atoms with van der Waals surface area (Å²) >= 11 is 0. The molecule has 45 heavy (non-hydrogen) atoms. The van der Waals surface area contributed by atoms with Gasteiger partial charge in [-0.15, -0.1) is 0 Å². The number of urea groups is 2. The Hall–Kier alpha value is -5.10. The number of likely N-dealkylation sites (N-methyl/N-ethyl adjacent to an activating group) is 1. The number of amides is 5. The summed E-state index contributed by atoms with van der Waals surface area (Å²) in [5.74, 6) is 0.0765. The molecular weight excluding hydrogens is 576 g/mol.